The van der Waals surface area contributed by atoms with Crippen molar-refractivity contribution < 1.29 is 4.74 Å². The highest BCUT2D eigenvalue weighted by atomic mass is 35.5. The summed E-state index contributed by atoms with van der Waals surface area (Å²) in [4.78, 5) is 4.06. The van der Waals surface area contributed by atoms with Gasteiger partial charge in [-0.2, -0.15) is 10.4 Å². The van der Waals surface area contributed by atoms with Gasteiger partial charge in [-0.1, -0.05) is 11.6 Å². The number of nitriles is 1. The predicted octanol–water partition coefficient (Wildman–Crippen LogP) is 4.78. The molecule has 4 aromatic rings. The molecule has 0 aliphatic heterocycles. The zero-order valence-electron chi connectivity index (χ0n) is 16.0. The molecule has 2 aromatic carbocycles. The van der Waals surface area contributed by atoms with E-state index in [0.717, 1.165) is 34.1 Å². The Labute approximate surface area is 173 Å². The molecular weight excluding hydrogens is 386 g/mol. The maximum absolute atomic E-state index is 9.05. The molecule has 0 radical (unpaired) electrons. The third-order valence-electron chi connectivity index (χ3n) is 4.78. The van der Waals surface area contributed by atoms with Crippen molar-refractivity contribution in [1.82, 2.24) is 19.3 Å². The normalized spacial score (nSPS) is 10.7. The molecule has 0 fully saturated rings. The van der Waals surface area contributed by atoms with Gasteiger partial charge in [-0.25, -0.2) is 9.67 Å². The lowest BCUT2D eigenvalue weighted by molar-refractivity contribution is 0.304. The van der Waals surface area contributed by atoms with Crippen LogP contribution in [0.25, 0.3) is 11.4 Å². The summed E-state index contributed by atoms with van der Waals surface area (Å²) >= 11 is 6.18. The molecule has 144 valence electrons. The molecule has 2 heterocycles. The lowest BCUT2D eigenvalue weighted by Gasteiger charge is -2.09. The van der Waals surface area contributed by atoms with Gasteiger partial charge < -0.3 is 9.30 Å². The number of aryl methyl sites for hydroxylation is 1. The fourth-order valence-electron chi connectivity index (χ4n) is 3.14. The second kappa shape index (κ2) is 7.82. The monoisotopic (exact) mass is 403 g/mol. The summed E-state index contributed by atoms with van der Waals surface area (Å²) in [5.41, 5.74) is 5.15. The average molecular weight is 404 g/mol. The van der Waals surface area contributed by atoms with Crippen molar-refractivity contribution in [1.29, 1.82) is 5.26 Å². The van der Waals surface area contributed by atoms with Crippen molar-refractivity contribution in [3.63, 3.8) is 0 Å². The smallest absolute Gasteiger partial charge is 0.119 e. The Morgan fingerprint density at radius 3 is 2.52 bits per heavy atom. The minimum absolute atomic E-state index is 0.409. The number of hydrogen-bond donors (Lipinski definition) is 0. The van der Waals surface area contributed by atoms with Gasteiger partial charge >= 0.3 is 0 Å². The van der Waals surface area contributed by atoms with Gasteiger partial charge in [0.1, 0.15) is 18.4 Å². The molecule has 2 aromatic heterocycles. The average Bonchev–Trinajstić information content (AvgIpc) is 3.36. The zero-order valence-corrected chi connectivity index (χ0v) is 16.8. The van der Waals surface area contributed by atoms with Crippen LogP contribution in [-0.2, 0) is 6.61 Å². The second-order valence-corrected chi connectivity index (χ2v) is 7.00. The number of ether oxygens (including phenoxy) is 1. The Morgan fingerprint density at radius 1 is 1.10 bits per heavy atom. The van der Waals surface area contributed by atoms with E-state index in [0.29, 0.717) is 17.2 Å². The number of imidazole rings is 1. The molecule has 6 nitrogen and oxygen atoms in total. The van der Waals surface area contributed by atoms with Crippen molar-refractivity contribution >= 4 is 11.6 Å². The summed E-state index contributed by atoms with van der Waals surface area (Å²) in [7, 11) is 0. The van der Waals surface area contributed by atoms with Gasteiger partial charge in [0.25, 0.3) is 0 Å². The second-order valence-electron chi connectivity index (χ2n) is 6.59. The molecule has 0 bridgehead atoms. The first kappa shape index (κ1) is 18.8. The summed E-state index contributed by atoms with van der Waals surface area (Å²) in [6.07, 6.45) is 5.40. The predicted molar refractivity (Wildman–Crippen MR) is 111 cm³/mol. The van der Waals surface area contributed by atoms with Crippen LogP contribution in [0, 0.1) is 25.2 Å². The van der Waals surface area contributed by atoms with E-state index in [4.69, 9.17) is 21.6 Å². The molecule has 0 saturated heterocycles. The molecular formula is C22H18ClN5O. The molecule has 4 rings (SSSR count). The molecule has 0 saturated carbocycles. The van der Waals surface area contributed by atoms with E-state index in [2.05, 4.69) is 16.2 Å². The first-order chi connectivity index (χ1) is 14.1. The van der Waals surface area contributed by atoms with E-state index in [1.165, 1.54) is 0 Å². The van der Waals surface area contributed by atoms with Crippen molar-refractivity contribution in [3.8, 4) is 23.2 Å². The van der Waals surface area contributed by atoms with Gasteiger partial charge in [0.15, 0.2) is 0 Å². The number of halogens is 1. The van der Waals surface area contributed by atoms with Crippen molar-refractivity contribution in [2.75, 3.05) is 0 Å². The van der Waals surface area contributed by atoms with Gasteiger partial charge in [0, 0.05) is 29.3 Å². The minimum Gasteiger partial charge on any atom is -0.489 e. The van der Waals surface area contributed by atoms with E-state index in [1.807, 2.05) is 59.6 Å². The Bertz CT molecular complexity index is 1190. The van der Waals surface area contributed by atoms with E-state index < -0.39 is 0 Å². The van der Waals surface area contributed by atoms with E-state index in [1.54, 1.807) is 24.7 Å². The molecule has 0 spiro atoms. The molecule has 0 aliphatic carbocycles. The molecule has 7 heteroatoms. The van der Waals surface area contributed by atoms with Crippen LogP contribution in [0.15, 0.2) is 61.2 Å². The van der Waals surface area contributed by atoms with Gasteiger partial charge in [-0.3, -0.25) is 0 Å². The number of aromatic nitrogens is 4. The quantitative estimate of drug-likeness (QED) is 0.481. The Morgan fingerprint density at radius 2 is 1.86 bits per heavy atom. The van der Waals surface area contributed by atoms with Crippen LogP contribution in [0.4, 0.5) is 0 Å². The van der Waals surface area contributed by atoms with Crippen LogP contribution in [0.5, 0.6) is 5.75 Å². The van der Waals surface area contributed by atoms with Crippen molar-refractivity contribution in [3.05, 3.63) is 88.7 Å². The Hall–Kier alpha value is -3.56. The van der Waals surface area contributed by atoms with Crippen LogP contribution in [0.1, 0.15) is 22.5 Å². The minimum atomic E-state index is 0.409. The fourth-order valence-corrected chi connectivity index (χ4v) is 3.36. The van der Waals surface area contributed by atoms with Crippen LogP contribution in [0.3, 0.4) is 0 Å². The number of benzene rings is 2. The van der Waals surface area contributed by atoms with Crippen LogP contribution >= 0.6 is 11.6 Å². The van der Waals surface area contributed by atoms with Crippen molar-refractivity contribution in [2.45, 2.75) is 20.5 Å². The van der Waals surface area contributed by atoms with E-state index >= 15 is 0 Å². The molecule has 0 amide bonds. The Kier molecular flexibility index (Phi) is 5.07. The summed E-state index contributed by atoms with van der Waals surface area (Å²) in [5.74, 6) is 0.779. The molecule has 0 atom stereocenters. The van der Waals surface area contributed by atoms with Gasteiger partial charge in [-0.05, 0) is 56.3 Å². The lowest BCUT2D eigenvalue weighted by atomic mass is 10.2. The van der Waals surface area contributed by atoms with Gasteiger partial charge in [0.05, 0.1) is 28.3 Å². The highest BCUT2D eigenvalue weighted by molar-refractivity contribution is 6.31. The standard InChI is InChI=1S/C22H18ClN5O/c1-15-21(13-29-20-7-5-18(6-8-20)27-10-9-25-14-27)16(2)28(26-15)19-4-3-17(12-24)22(23)11-19/h3-11,14H,13H2,1-2H3. The number of rotatable bonds is 5. The van der Waals surface area contributed by atoms with Crippen molar-refractivity contribution in [2.24, 2.45) is 0 Å². The van der Waals surface area contributed by atoms with Crippen LogP contribution < -0.4 is 4.74 Å². The molecule has 0 N–H and O–H groups in total. The summed E-state index contributed by atoms with van der Waals surface area (Å²) < 4.78 is 9.75. The van der Waals surface area contributed by atoms with Crippen LogP contribution in [0.2, 0.25) is 5.02 Å². The summed E-state index contributed by atoms with van der Waals surface area (Å²) in [5, 5.41) is 14.1. The molecule has 0 unspecified atom stereocenters. The number of hydrogen-bond acceptors (Lipinski definition) is 4. The maximum atomic E-state index is 9.05. The van der Waals surface area contributed by atoms with Gasteiger partial charge in [-0.15, -0.1) is 0 Å². The Balaban J connectivity index is 1.53. The highest BCUT2D eigenvalue weighted by Crippen LogP contribution is 2.24. The summed E-state index contributed by atoms with van der Waals surface area (Å²) in [6.45, 7) is 4.36. The van der Waals surface area contributed by atoms with E-state index in [-0.39, 0.29) is 0 Å². The highest BCUT2D eigenvalue weighted by Gasteiger charge is 2.14. The first-order valence-corrected chi connectivity index (χ1v) is 9.41. The maximum Gasteiger partial charge on any atom is 0.119 e. The third-order valence-corrected chi connectivity index (χ3v) is 5.09. The SMILES string of the molecule is Cc1nn(-c2ccc(C#N)c(Cl)c2)c(C)c1COc1ccc(-n2ccnc2)cc1. The summed E-state index contributed by atoms with van der Waals surface area (Å²) in [6, 6.07) is 15.2. The zero-order chi connectivity index (χ0) is 20.4. The van der Waals surface area contributed by atoms with Gasteiger partial charge in [0.2, 0.25) is 0 Å². The third kappa shape index (κ3) is 3.73. The molecule has 0 aliphatic rings. The lowest BCUT2D eigenvalue weighted by Crippen LogP contribution is -2.02. The first-order valence-electron chi connectivity index (χ1n) is 9.03. The van der Waals surface area contributed by atoms with E-state index in [9.17, 15) is 0 Å². The largest absolute Gasteiger partial charge is 0.489 e. The number of nitrogens with zero attached hydrogens (tertiary/aromatic N) is 5. The topological polar surface area (TPSA) is 68.7 Å². The fraction of sp³-hybridized carbons (Fsp3) is 0.136. The van der Waals surface area contributed by atoms with Crippen LogP contribution in [-0.4, -0.2) is 19.3 Å². The molecule has 29 heavy (non-hydrogen) atoms.